The molecule has 6 rings (SSSR count). The Bertz CT molecular complexity index is 1660. The zero-order chi connectivity index (χ0) is 33.5. The van der Waals surface area contributed by atoms with E-state index in [2.05, 4.69) is 10.1 Å². The first-order valence-corrected chi connectivity index (χ1v) is 15.4. The van der Waals surface area contributed by atoms with Gasteiger partial charge in [0.2, 0.25) is 11.9 Å². The fraction of sp³-hybridized carbons (Fsp3) is 0.455. The van der Waals surface area contributed by atoms with Gasteiger partial charge in [0.1, 0.15) is 22.7 Å². The van der Waals surface area contributed by atoms with Gasteiger partial charge in [-0.2, -0.15) is 32.8 Å². The first kappa shape index (κ1) is 32.2. The number of benzene rings is 2. The molecule has 4 aromatic rings. The Morgan fingerprint density at radius 1 is 0.872 bits per heavy atom. The number of aromatic nitrogens is 4. The number of carbonyl (C=O) groups excluding carboxylic acids is 1. The lowest BCUT2D eigenvalue weighted by molar-refractivity contribution is -0.136. The zero-order valence-electron chi connectivity index (χ0n) is 27.0. The van der Waals surface area contributed by atoms with E-state index in [1.807, 2.05) is 79.1 Å². The summed E-state index contributed by atoms with van der Waals surface area (Å²) in [4.78, 5) is 27.9. The number of methoxy groups -OCH3 is 2. The van der Waals surface area contributed by atoms with Crippen LogP contribution in [0.15, 0.2) is 54.7 Å². The van der Waals surface area contributed by atoms with E-state index >= 15 is 0 Å². The molecule has 2 bridgehead atoms. The minimum atomic E-state index is -4.68. The summed E-state index contributed by atoms with van der Waals surface area (Å²) >= 11 is 0. The van der Waals surface area contributed by atoms with Gasteiger partial charge in [-0.3, -0.25) is 4.90 Å². The lowest BCUT2D eigenvalue weighted by Crippen LogP contribution is -2.57. The smallest absolute Gasteiger partial charge is 0.421 e. The third-order valence-corrected chi connectivity index (χ3v) is 8.36. The molecule has 0 spiro atoms. The van der Waals surface area contributed by atoms with Crippen molar-refractivity contribution in [3.05, 3.63) is 71.4 Å². The molecule has 1 amide bonds. The highest BCUT2D eigenvalue weighted by Gasteiger charge is 2.45. The standard InChI is InChI=1S/C33H38F3N7O4/c1-32(2,3)47-31(44)42-23-10-11-24(42)20-40(19-23)29-38-28-27(33(34,35)36)16-37-43(28)30(39-29)41(17-21-6-12-25(45-4)13-7-21)18-22-8-14-26(46-5)15-9-22/h6-9,12-16,23-24H,10-11,17-20H2,1-5H3. The molecule has 11 nitrogen and oxygen atoms in total. The van der Waals surface area contributed by atoms with Crippen LogP contribution in [0, 0.1) is 0 Å². The number of rotatable bonds is 8. The summed E-state index contributed by atoms with van der Waals surface area (Å²) in [5, 5.41) is 4.14. The highest BCUT2D eigenvalue weighted by Crippen LogP contribution is 2.37. The van der Waals surface area contributed by atoms with Crippen molar-refractivity contribution < 1.29 is 32.2 Å². The molecule has 2 fully saturated rings. The normalized spacial score (nSPS) is 18.0. The van der Waals surface area contributed by atoms with Crippen molar-refractivity contribution >= 4 is 23.6 Å². The van der Waals surface area contributed by atoms with Crippen LogP contribution in [0.5, 0.6) is 11.5 Å². The summed E-state index contributed by atoms with van der Waals surface area (Å²) in [6.45, 7) is 6.79. The molecule has 2 aromatic heterocycles. The quantitative estimate of drug-likeness (QED) is 0.228. The Morgan fingerprint density at radius 2 is 1.40 bits per heavy atom. The minimum absolute atomic E-state index is 0.147. The highest BCUT2D eigenvalue weighted by atomic mass is 19.4. The maximum Gasteiger partial charge on any atom is 0.421 e. The second kappa shape index (κ2) is 12.5. The molecule has 0 saturated carbocycles. The third kappa shape index (κ3) is 6.86. The van der Waals surface area contributed by atoms with Gasteiger partial charge >= 0.3 is 12.3 Å². The number of piperazine rings is 1. The Balaban J connectivity index is 1.41. The van der Waals surface area contributed by atoms with Crippen LogP contribution in [0.25, 0.3) is 5.65 Å². The lowest BCUT2D eigenvalue weighted by atomic mass is 10.1. The summed E-state index contributed by atoms with van der Waals surface area (Å²) in [5.41, 5.74) is -0.163. The van der Waals surface area contributed by atoms with Gasteiger partial charge in [-0.15, -0.1) is 0 Å². The van der Waals surface area contributed by atoms with Crippen LogP contribution >= 0.6 is 0 Å². The Morgan fingerprint density at radius 3 is 1.87 bits per heavy atom. The average molecular weight is 654 g/mol. The molecule has 2 atom stereocenters. The number of amides is 1. The maximum atomic E-state index is 14.3. The van der Waals surface area contributed by atoms with E-state index in [-0.39, 0.29) is 35.7 Å². The number of nitrogens with zero attached hydrogens (tertiary/aromatic N) is 7. The van der Waals surface area contributed by atoms with Crippen LogP contribution in [-0.2, 0) is 24.0 Å². The Kier molecular flexibility index (Phi) is 8.53. The number of hydrogen-bond donors (Lipinski definition) is 0. The molecule has 0 N–H and O–H groups in total. The minimum Gasteiger partial charge on any atom is -0.497 e. The largest absolute Gasteiger partial charge is 0.497 e. The van der Waals surface area contributed by atoms with Crippen LogP contribution < -0.4 is 19.3 Å². The van der Waals surface area contributed by atoms with Gasteiger partial charge in [0.15, 0.2) is 5.65 Å². The lowest BCUT2D eigenvalue weighted by Gasteiger charge is -2.41. The van der Waals surface area contributed by atoms with Crippen molar-refractivity contribution in [2.24, 2.45) is 0 Å². The van der Waals surface area contributed by atoms with E-state index in [0.717, 1.165) is 34.7 Å². The molecule has 0 radical (unpaired) electrons. The number of hydrogen-bond acceptors (Lipinski definition) is 9. The first-order chi connectivity index (χ1) is 22.3. The molecule has 2 aliphatic rings. The maximum absolute atomic E-state index is 14.3. The molecule has 14 heteroatoms. The van der Waals surface area contributed by atoms with Gasteiger partial charge in [0, 0.05) is 26.2 Å². The van der Waals surface area contributed by atoms with Crippen molar-refractivity contribution in [2.75, 3.05) is 37.1 Å². The van der Waals surface area contributed by atoms with Crippen LogP contribution in [0.2, 0.25) is 0 Å². The first-order valence-electron chi connectivity index (χ1n) is 15.4. The van der Waals surface area contributed by atoms with Crippen molar-refractivity contribution in [1.29, 1.82) is 0 Å². The zero-order valence-corrected chi connectivity index (χ0v) is 27.0. The fourth-order valence-electron chi connectivity index (χ4n) is 6.18. The summed E-state index contributed by atoms with van der Waals surface area (Å²) in [6, 6.07) is 14.5. The predicted molar refractivity (Wildman–Crippen MR) is 169 cm³/mol. The number of fused-ring (bicyclic) bond motifs is 3. The predicted octanol–water partition coefficient (Wildman–Crippen LogP) is 5.96. The summed E-state index contributed by atoms with van der Waals surface area (Å²) < 4.78 is 60.3. The number of carbonyl (C=O) groups is 1. The Labute approximate surface area is 270 Å². The van der Waals surface area contributed by atoms with Gasteiger partial charge in [-0.25, -0.2) is 4.79 Å². The Hall–Kier alpha value is -4.75. The van der Waals surface area contributed by atoms with E-state index in [1.54, 1.807) is 19.1 Å². The molecule has 2 aliphatic heterocycles. The molecule has 0 aliphatic carbocycles. The average Bonchev–Trinajstić information content (AvgIpc) is 3.58. The van der Waals surface area contributed by atoms with Crippen LogP contribution in [-0.4, -0.2) is 75.6 Å². The molecule has 47 heavy (non-hydrogen) atoms. The molecular weight excluding hydrogens is 615 g/mol. The molecular formula is C33H38F3N7O4. The van der Waals surface area contributed by atoms with Gasteiger partial charge in [0.25, 0.3) is 0 Å². The molecule has 250 valence electrons. The molecule has 4 heterocycles. The van der Waals surface area contributed by atoms with Gasteiger partial charge in [0.05, 0.1) is 32.5 Å². The molecule has 2 saturated heterocycles. The van der Waals surface area contributed by atoms with Gasteiger partial charge in [-0.1, -0.05) is 24.3 Å². The topological polar surface area (TPSA) is 97.6 Å². The van der Waals surface area contributed by atoms with E-state index in [1.165, 1.54) is 0 Å². The summed E-state index contributed by atoms with van der Waals surface area (Å²) in [7, 11) is 3.17. The molecule has 2 aromatic carbocycles. The summed E-state index contributed by atoms with van der Waals surface area (Å²) in [6.07, 6.45) is -2.79. The van der Waals surface area contributed by atoms with E-state index in [9.17, 15) is 18.0 Å². The van der Waals surface area contributed by atoms with Crippen molar-refractivity contribution in [3.8, 4) is 11.5 Å². The van der Waals surface area contributed by atoms with E-state index < -0.39 is 17.3 Å². The SMILES string of the molecule is COc1ccc(CN(Cc2ccc(OC)cc2)c2nc(N3CC4CCC(C3)N4C(=O)OC(C)(C)C)nc3c(C(F)(F)F)cnn23)cc1. The van der Waals surface area contributed by atoms with Crippen LogP contribution in [0.4, 0.5) is 29.9 Å². The number of anilines is 2. The fourth-order valence-corrected chi connectivity index (χ4v) is 6.18. The van der Waals surface area contributed by atoms with Crippen molar-refractivity contribution in [1.82, 2.24) is 24.5 Å². The number of halogens is 3. The van der Waals surface area contributed by atoms with Gasteiger partial charge in [-0.05, 0) is 69.0 Å². The number of ether oxygens (including phenoxy) is 3. The second-order valence-corrected chi connectivity index (χ2v) is 12.8. The van der Waals surface area contributed by atoms with Crippen molar-refractivity contribution in [2.45, 2.75) is 70.6 Å². The van der Waals surface area contributed by atoms with Crippen molar-refractivity contribution in [3.63, 3.8) is 0 Å². The monoisotopic (exact) mass is 653 g/mol. The van der Waals surface area contributed by atoms with Crippen LogP contribution in [0.3, 0.4) is 0 Å². The van der Waals surface area contributed by atoms with E-state index in [4.69, 9.17) is 19.2 Å². The summed E-state index contributed by atoms with van der Waals surface area (Å²) in [5.74, 6) is 1.72. The van der Waals surface area contributed by atoms with E-state index in [0.29, 0.717) is 37.7 Å². The van der Waals surface area contributed by atoms with Gasteiger partial charge < -0.3 is 24.0 Å². The number of alkyl halides is 3. The molecule has 2 unspecified atom stereocenters. The highest BCUT2D eigenvalue weighted by molar-refractivity contribution is 5.70. The van der Waals surface area contributed by atoms with Crippen LogP contribution in [0.1, 0.15) is 50.3 Å². The third-order valence-electron chi connectivity index (χ3n) is 8.36. The second-order valence-electron chi connectivity index (χ2n) is 12.8.